The number of unbranched alkanes of at least 4 members (excludes halogenated alkanes) is 2. The summed E-state index contributed by atoms with van der Waals surface area (Å²) in [5.74, 6) is -1.36. The zero-order chi connectivity index (χ0) is 20.7. The molecule has 0 spiro atoms. The molecule has 0 radical (unpaired) electrons. The molecule has 0 aromatic heterocycles. The molecule has 1 aliphatic rings. The van der Waals surface area contributed by atoms with Gasteiger partial charge in [-0.05, 0) is 57.4 Å². The van der Waals surface area contributed by atoms with Gasteiger partial charge in [0.25, 0.3) is 5.91 Å². The van der Waals surface area contributed by atoms with Crippen LogP contribution in [0, 0.1) is 0 Å². The second-order valence-electron chi connectivity index (χ2n) is 7.04. The van der Waals surface area contributed by atoms with Crippen molar-refractivity contribution in [3.63, 3.8) is 0 Å². The molecule has 1 aliphatic heterocycles. The van der Waals surface area contributed by atoms with Crippen LogP contribution in [0.25, 0.3) is 0 Å². The summed E-state index contributed by atoms with van der Waals surface area (Å²) in [5, 5.41) is 13.1. The normalized spacial score (nSPS) is 20.6. The van der Waals surface area contributed by atoms with E-state index in [-0.39, 0.29) is 29.4 Å². The van der Waals surface area contributed by atoms with Crippen LogP contribution in [-0.4, -0.2) is 56.4 Å². The van der Waals surface area contributed by atoms with Crippen molar-refractivity contribution in [3.8, 4) is 0 Å². The van der Waals surface area contributed by atoms with Crippen LogP contribution < -0.4 is 10.4 Å². The minimum absolute atomic E-state index is 0.0184. The molecule has 1 saturated heterocycles. The number of hydrogen-bond donors (Lipinski definition) is 1. The average molecular weight is 412 g/mol. The number of benzene rings is 1. The van der Waals surface area contributed by atoms with E-state index in [0.717, 1.165) is 0 Å². The summed E-state index contributed by atoms with van der Waals surface area (Å²) in [6.45, 7) is 4.70. The summed E-state index contributed by atoms with van der Waals surface area (Å²) in [4.78, 5) is 22.6. The number of nitrogens with zero attached hydrogens (tertiary/aromatic N) is 1. The number of amides is 1. The van der Waals surface area contributed by atoms with Gasteiger partial charge in [-0.2, -0.15) is 4.31 Å². The van der Waals surface area contributed by atoms with E-state index in [4.69, 9.17) is 4.74 Å². The monoisotopic (exact) mass is 411 g/mol. The van der Waals surface area contributed by atoms with Gasteiger partial charge in [-0.1, -0.05) is 6.42 Å². The van der Waals surface area contributed by atoms with Gasteiger partial charge in [0.05, 0.1) is 17.1 Å². The predicted molar refractivity (Wildman–Crippen MR) is 101 cm³/mol. The van der Waals surface area contributed by atoms with Gasteiger partial charge in [-0.25, -0.2) is 8.42 Å². The Morgan fingerprint density at radius 2 is 1.71 bits per heavy atom. The van der Waals surface area contributed by atoms with Gasteiger partial charge in [0.1, 0.15) is 0 Å². The van der Waals surface area contributed by atoms with Crippen molar-refractivity contribution in [1.82, 2.24) is 9.62 Å². The minimum atomic E-state index is -3.64. The van der Waals surface area contributed by atoms with E-state index in [1.165, 1.54) is 28.6 Å². The minimum Gasteiger partial charge on any atom is -0.550 e. The zero-order valence-electron chi connectivity index (χ0n) is 16.2. The summed E-state index contributed by atoms with van der Waals surface area (Å²) in [7, 11) is -3.64. The lowest BCUT2D eigenvalue weighted by Gasteiger charge is -2.34. The molecule has 1 aromatic rings. The number of nitrogens with one attached hydrogen (secondary N) is 1. The topological polar surface area (TPSA) is 116 Å². The van der Waals surface area contributed by atoms with Gasteiger partial charge >= 0.3 is 0 Å². The molecular weight excluding hydrogens is 384 g/mol. The number of morpholine rings is 1. The van der Waals surface area contributed by atoms with Crippen LogP contribution in [0.15, 0.2) is 29.2 Å². The first-order valence-corrected chi connectivity index (χ1v) is 10.9. The lowest BCUT2D eigenvalue weighted by Crippen LogP contribution is -2.48. The molecule has 9 heteroatoms. The number of sulfonamides is 1. The number of aliphatic carboxylic acids is 1. The van der Waals surface area contributed by atoms with Crippen molar-refractivity contribution < 1.29 is 27.9 Å². The maximum Gasteiger partial charge on any atom is 0.251 e. The lowest BCUT2D eigenvalue weighted by atomic mass is 10.2. The van der Waals surface area contributed by atoms with Crippen LogP contribution in [0.4, 0.5) is 0 Å². The maximum absolute atomic E-state index is 12.8. The molecule has 1 amide bonds. The molecule has 1 N–H and O–H groups in total. The van der Waals surface area contributed by atoms with Crippen LogP contribution in [0.2, 0.25) is 0 Å². The van der Waals surface area contributed by atoms with Crippen molar-refractivity contribution in [2.45, 2.75) is 56.6 Å². The number of rotatable bonds is 9. The van der Waals surface area contributed by atoms with Crippen LogP contribution in [0.5, 0.6) is 0 Å². The third-order valence-electron chi connectivity index (χ3n) is 4.48. The quantitative estimate of drug-likeness (QED) is 0.593. The van der Waals surface area contributed by atoms with Gasteiger partial charge in [-0.15, -0.1) is 0 Å². The Morgan fingerprint density at radius 1 is 1.11 bits per heavy atom. The van der Waals surface area contributed by atoms with Gasteiger partial charge in [0.2, 0.25) is 10.0 Å². The van der Waals surface area contributed by atoms with Crippen LogP contribution in [-0.2, 0) is 19.6 Å². The van der Waals surface area contributed by atoms with Crippen LogP contribution in [0.1, 0.15) is 49.9 Å². The highest BCUT2D eigenvalue weighted by Crippen LogP contribution is 2.21. The Hall–Kier alpha value is -1.97. The fourth-order valence-corrected chi connectivity index (χ4v) is 4.72. The van der Waals surface area contributed by atoms with Gasteiger partial charge < -0.3 is 20.0 Å². The molecule has 1 aromatic carbocycles. The average Bonchev–Trinajstić information content (AvgIpc) is 2.63. The van der Waals surface area contributed by atoms with E-state index in [9.17, 15) is 23.1 Å². The summed E-state index contributed by atoms with van der Waals surface area (Å²) in [6, 6.07) is 5.86. The third kappa shape index (κ3) is 6.29. The predicted octanol–water partition coefficient (Wildman–Crippen LogP) is 0.525. The molecule has 0 unspecified atom stereocenters. The number of hydrogen-bond acceptors (Lipinski definition) is 6. The van der Waals surface area contributed by atoms with Crippen molar-refractivity contribution in [2.24, 2.45) is 0 Å². The highest BCUT2D eigenvalue weighted by Gasteiger charge is 2.32. The third-order valence-corrected chi connectivity index (χ3v) is 6.33. The van der Waals surface area contributed by atoms with Crippen LogP contribution >= 0.6 is 0 Å². The van der Waals surface area contributed by atoms with E-state index in [1.54, 1.807) is 0 Å². The number of carbonyl (C=O) groups is 2. The van der Waals surface area contributed by atoms with E-state index in [1.807, 2.05) is 13.8 Å². The van der Waals surface area contributed by atoms with Crippen molar-refractivity contribution in [2.75, 3.05) is 19.6 Å². The van der Waals surface area contributed by atoms with E-state index >= 15 is 0 Å². The Bertz CT molecular complexity index is 768. The Kier molecular flexibility index (Phi) is 7.97. The molecule has 156 valence electrons. The molecule has 0 aliphatic carbocycles. The molecule has 1 fully saturated rings. The zero-order valence-corrected chi connectivity index (χ0v) is 17.0. The first kappa shape index (κ1) is 22.3. The second kappa shape index (κ2) is 9.99. The number of carboxylic acid groups (broad SMARTS) is 1. The molecule has 1 heterocycles. The van der Waals surface area contributed by atoms with Crippen molar-refractivity contribution >= 4 is 21.9 Å². The Labute approximate surface area is 165 Å². The molecule has 0 bridgehead atoms. The Morgan fingerprint density at radius 3 is 2.29 bits per heavy atom. The molecule has 0 saturated carbocycles. The second-order valence-corrected chi connectivity index (χ2v) is 8.98. The largest absolute Gasteiger partial charge is 0.550 e. The smallest absolute Gasteiger partial charge is 0.251 e. The van der Waals surface area contributed by atoms with Crippen LogP contribution in [0.3, 0.4) is 0 Å². The highest BCUT2D eigenvalue weighted by atomic mass is 32.2. The van der Waals surface area contributed by atoms with Gasteiger partial charge in [-0.3, -0.25) is 4.79 Å². The maximum atomic E-state index is 12.8. The fraction of sp³-hybridized carbons (Fsp3) is 0.579. The first-order chi connectivity index (χ1) is 13.2. The molecule has 2 atom stereocenters. The van der Waals surface area contributed by atoms with E-state index in [0.29, 0.717) is 44.5 Å². The van der Waals surface area contributed by atoms with Crippen molar-refractivity contribution in [3.05, 3.63) is 29.8 Å². The number of carbonyl (C=O) groups excluding carboxylic acids is 2. The number of carboxylic acids is 1. The standard InChI is InChI=1S/C19H28N2O6S/c1-14-12-21(13-15(2)27-14)28(25,26)17-9-7-16(8-10-17)19(24)20-11-5-3-4-6-18(22)23/h7-10,14-15H,3-6,11-13H2,1-2H3,(H,20,24)(H,22,23)/p-1/t14-,15-/m1/s1. The molecule has 2 rings (SSSR count). The summed E-state index contributed by atoms with van der Waals surface area (Å²) in [6.07, 6.45) is 1.54. The molecule has 28 heavy (non-hydrogen) atoms. The SMILES string of the molecule is C[C@@H]1CN(S(=O)(=O)c2ccc(C(=O)NCCCCCC(=O)[O-])cc2)C[C@@H](C)O1. The summed E-state index contributed by atoms with van der Waals surface area (Å²) < 4.78 is 32.6. The Balaban J connectivity index is 1.89. The van der Waals surface area contributed by atoms with Gasteiger partial charge in [0, 0.05) is 31.2 Å². The molecule has 8 nitrogen and oxygen atoms in total. The lowest BCUT2D eigenvalue weighted by molar-refractivity contribution is -0.305. The summed E-state index contributed by atoms with van der Waals surface area (Å²) >= 11 is 0. The van der Waals surface area contributed by atoms with Crippen molar-refractivity contribution in [1.29, 1.82) is 0 Å². The summed E-state index contributed by atoms with van der Waals surface area (Å²) in [5.41, 5.74) is 0.373. The molecular formula is C19H27N2O6S-. The number of ether oxygens (including phenoxy) is 1. The van der Waals surface area contributed by atoms with Gasteiger partial charge in [0.15, 0.2) is 0 Å². The highest BCUT2D eigenvalue weighted by molar-refractivity contribution is 7.89. The fourth-order valence-electron chi connectivity index (χ4n) is 3.13. The van der Waals surface area contributed by atoms with E-state index in [2.05, 4.69) is 5.32 Å². The van der Waals surface area contributed by atoms with E-state index < -0.39 is 16.0 Å². The first-order valence-electron chi connectivity index (χ1n) is 9.44.